The third-order valence-corrected chi connectivity index (χ3v) is 3.16. The van der Waals surface area contributed by atoms with Crippen LogP contribution in [0.3, 0.4) is 0 Å². The number of nitrogens with zero attached hydrogens (tertiary/aromatic N) is 2. The van der Waals surface area contributed by atoms with E-state index >= 15 is 0 Å². The van der Waals surface area contributed by atoms with Crippen LogP contribution in [0, 0.1) is 12.7 Å². The zero-order valence-corrected chi connectivity index (χ0v) is 11.5. The smallest absolute Gasteiger partial charge is 0.128 e. The van der Waals surface area contributed by atoms with Crippen LogP contribution in [0.15, 0.2) is 30.5 Å². The molecular formula is C15H20FN3. The molecule has 0 saturated carbocycles. The molecule has 2 rings (SSSR count). The van der Waals surface area contributed by atoms with Gasteiger partial charge in [0.05, 0.1) is 12.2 Å². The molecule has 0 aliphatic heterocycles. The van der Waals surface area contributed by atoms with Crippen LogP contribution in [-0.2, 0) is 13.1 Å². The molecule has 4 heteroatoms. The van der Waals surface area contributed by atoms with Crippen LogP contribution in [0.1, 0.15) is 30.4 Å². The molecule has 0 spiro atoms. The lowest BCUT2D eigenvalue weighted by Crippen LogP contribution is -2.18. The molecule has 1 N–H and O–H groups in total. The SMILES string of the molecule is CCCNCc1cnc(C)n1Cc1ccccc1F. The molecule has 2 aromatic rings. The van der Waals surface area contributed by atoms with Gasteiger partial charge in [0.1, 0.15) is 11.6 Å². The van der Waals surface area contributed by atoms with Gasteiger partial charge >= 0.3 is 0 Å². The highest BCUT2D eigenvalue weighted by Crippen LogP contribution is 2.12. The largest absolute Gasteiger partial charge is 0.326 e. The van der Waals surface area contributed by atoms with Crippen molar-refractivity contribution in [3.8, 4) is 0 Å². The van der Waals surface area contributed by atoms with Crippen LogP contribution < -0.4 is 5.32 Å². The molecule has 0 unspecified atom stereocenters. The van der Waals surface area contributed by atoms with Gasteiger partial charge in [0.2, 0.25) is 0 Å². The van der Waals surface area contributed by atoms with Crippen LogP contribution in [0.4, 0.5) is 4.39 Å². The fourth-order valence-electron chi connectivity index (χ4n) is 2.06. The maximum atomic E-state index is 13.7. The normalized spacial score (nSPS) is 10.9. The van der Waals surface area contributed by atoms with Crippen molar-refractivity contribution in [2.75, 3.05) is 6.54 Å². The number of hydrogen-bond acceptors (Lipinski definition) is 2. The Hall–Kier alpha value is -1.68. The molecule has 0 amide bonds. The maximum Gasteiger partial charge on any atom is 0.128 e. The van der Waals surface area contributed by atoms with Crippen molar-refractivity contribution in [1.82, 2.24) is 14.9 Å². The Morgan fingerprint density at radius 2 is 2.11 bits per heavy atom. The van der Waals surface area contributed by atoms with Gasteiger partial charge in [0.25, 0.3) is 0 Å². The number of nitrogens with one attached hydrogen (secondary N) is 1. The standard InChI is InChI=1S/C15H20FN3/c1-3-8-17-9-14-10-18-12(2)19(14)11-13-6-4-5-7-15(13)16/h4-7,10,17H,3,8-9,11H2,1-2H3. The summed E-state index contributed by atoms with van der Waals surface area (Å²) < 4.78 is 15.8. The van der Waals surface area contributed by atoms with Crippen LogP contribution in [-0.4, -0.2) is 16.1 Å². The molecule has 102 valence electrons. The second kappa shape index (κ2) is 6.48. The molecule has 1 aromatic carbocycles. The van der Waals surface area contributed by atoms with E-state index in [4.69, 9.17) is 0 Å². The Morgan fingerprint density at radius 1 is 1.32 bits per heavy atom. The predicted molar refractivity (Wildman–Crippen MR) is 74.5 cm³/mol. The van der Waals surface area contributed by atoms with Crippen molar-refractivity contribution in [3.63, 3.8) is 0 Å². The predicted octanol–water partition coefficient (Wildman–Crippen LogP) is 2.88. The Labute approximate surface area is 113 Å². The molecule has 0 radical (unpaired) electrons. The summed E-state index contributed by atoms with van der Waals surface area (Å²) in [5, 5.41) is 3.35. The lowest BCUT2D eigenvalue weighted by atomic mass is 10.2. The van der Waals surface area contributed by atoms with Gasteiger partial charge in [-0.1, -0.05) is 25.1 Å². The summed E-state index contributed by atoms with van der Waals surface area (Å²) in [4.78, 5) is 4.32. The number of imidazole rings is 1. The second-order valence-corrected chi connectivity index (χ2v) is 4.65. The molecule has 0 saturated heterocycles. The fraction of sp³-hybridized carbons (Fsp3) is 0.400. The maximum absolute atomic E-state index is 13.7. The van der Waals surface area contributed by atoms with E-state index < -0.39 is 0 Å². The number of rotatable bonds is 6. The first-order valence-electron chi connectivity index (χ1n) is 6.67. The molecule has 0 atom stereocenters. The topological polar surface area (TPSA) is 29.9 Å². The number of halogens is 1. The van der Waals surface area contributed by atoms with Gasteiger partial charge in [-0.25, -0.2) is 9.37 Å². The lowest BCUT2D eigenvalue weighted by Gasteiger charge is -2.11. The van der Waals surface area contributed by atoms with Gasteiger partial charge < -0.3 is 9.88 Å². The summed E-state index contributed by atoms with van der Waals surface area (Å²) in [6.07, 6.45) is 2.96. The van der Waals surface area contributed by atoms with E-state index in [1.807, 2.05) is 25.3 Å². The molecular weight excluding hydrogens is 241 g/mol. The van der Waals surface area contributed by atoms with Gasteiger partial charge in [-0.15, -0.1) is 0 Å². The van der Waals surface area contributed by atoms with Crippen molar-refractivity contribution in [2.45, 2.75) is 33.4 Å². The van der Waals surface area contributed by atoms with Gasteiger partial charge in [0.15, 0.2) is 0 Å². The van der Waals surface area contributed by atoms with E-state index in [0.717, 1.165) is 31.0 Å². The van der Waals surface area contributed by atoms with E-state index in [-0.39, 0.29) is 5.82 Å². The average Bonchev–Trinajstić information content (AvgIpc) is 2.74. The van der Waals surface area contributed by atoms with E-state index in [9.17, 15) is 4.39 Å². The summed E-state index contributed by atoms with van der Waals surface area (Å²) in [5.74, 6) is 0.750. The van der Waals surface area contributed by atoms with Crippen molar-refractivity contribution in [2.24, 2.45) is 0 Å². The Bertz CT molecular complexity index is 534. The summed E-state index contributed by atoms with van der Waals surface area (Å²) in [7, 11) is 0. The van der Waals surface area contributed by atoms with Gasteiger partial charge in [0, 0.05) is 18.3 Å². The zero-order chi connectivity index (χ0) is 13.7. The second-order valence-electron chi connectivity index (χ2n) is 4.65. The van der Waals surface area contributed by atoms with Crippen molar-refractivity contribution in [1.29, 1.82) is 0 Å². The minimum absolute atomic E-state index is 0.164. The summed E-state index contributed by atoms with van der Waals surface area (Å²) in [6, 6.07) is 6.89. The first kappa shape index (κ1) is 13.7. The van der Waals surface area contributed by atoms with E-state index in [0.29, 0.717) is 12.1 Å². The van der Waals surface area contributed by atoms with E-state index in [1.54, 1.807) is 6.07 Å². The highest BCUT2D eigenvalue weighted by molar-refractivity contribution is 5.19. The highest BCUT2D eigenvalue weighted by Gasteiger charge is 2.09. The van der Waals surface area contributed by atoms with Crippen molar-refractivity contribution >= 4 is 0 Å². The summed E-state index contributed by atoms with van der Waals surface area (Å²) in [5.41, 5.74) is 1.79. The molecule has 0 aliphatic rings. The van der Waals surface area contributed by atoms with Crippen molar-refractivity contribution in [3.05, 3.63) is 53.4 Å². The monoisotopic (exact) mass is 261 g/mol. The molecule has 1 heterocycles. The minimum Gasteiger partial charge on any atom is -0.326 e. The average molecular weight is 261 g/mol. The summed E-state index contributed by atoms with van der Waals surface area (Å²) in [6.45, 7) is 6.35. The molecule has 0 aliphatic carbocycles. The van der Waals surface area contributed by atoms with Crippen molar-refractivity contribution < 1.29 is 4.39 Å². The van der Waals surface area contributed by atoms with Crippen LogP contribution in [0.25, 0.3) is 0 Å². The number of aryl methyl sites for hydroxylation is 1. The van der Waals surface area contributed by atoms with E-state index in [1.165, 1.54) is 6.07 Å². The van der Waals surface area contributed by atoms with Crippen LogP contribution in [0.2, 0.25) is 0 Å². The Morgan fingerprint density at radius 3 is 2.84 bits per heavy atom. The number of benzene rings is 1. The first-order chi connectivity index (χ1) is 9.22. The molecule has 0 bridgehead atoms. The first-order valence-corrected chi connectivity index (χ1v) is 6.67. The van der Waals surface area contributed by atoms with E-state index in [2.05, 4.69) is 21.8 Å². The lowest BCUT2D eigenvalue weighted by molar-refractivity contribution is 0.582. The molecule has 19 heavy (non-hydrogen) atoms. The molecule has 1 aromatic heterocycles. The Kier molecular flexibility index (Phi) is 4.68. The molecule has 3 nitrogen and oxygen atoms in total. The third-order valence-electron chi connectivity index (χ3n) is 3.16. The Balaban J connectivity index is 2.15. The minimum atomic E-state index is -0.164. The third kappa shape index (κ3) is 3.41. The van der Waals surface area contributed by atoms with Gasteiger partial charge in [-0.2, -0.15) is 0 Å². The highest BCUT2D eigenvalue weighted by atomic mass is 19.1. The van der Waals surface area contributed by atoms with Gasteiger partial charge in [-0.05, 0) is 26.0 Å². The number of hydrogen-bond donors (Lipinski definition) is 1. The zero-order valence-electron chi connectivity index (χ0n) is 11.5. The van der Waals surface area contributed by atoms with Gasteiger partial charge in [-0.3, -0.25) is 0 Å². The van der Waals surface area contributed by atoms with Crippen LogP contribution >= 0.6 is 0 Å². The summed E-state index contributed by atoms with van der Waals surface area (Å²) >= 11 is 0. The quantitative estimate of drug-likeness (QED) is 0.810. The molecule has 0 fully saturated rings. The fourth-order valence-corrected chi connectivity index (χ4v) is 2.06. The number of aromatic nitrogens is 2. The van der Waals surface area contributed by atoms with Crippen LogP contribution in [0.5, 0.6) is 0 Å².